The zero-order valence-corrected chi connectivity index (χ0v) is 20.9. The molecule has 2 N–H and O–H groups in total. The summed E-state index contributed by atoms with van der Waals surface area (Å²) in [5.74, 6) is 0.120. The molecule has 2 aromatic rings. The minimum atomic E-state index is -0.380. The van der Waals surface area contributed by atoms with Gasteiger partial charge in [-0.2, -0.15) is 11.8 Å². The lowest BCUT2D eigenvalue weighted by Gasteiger charge is -2.08. The summed E-state index contributed by atoms with van der Waals surface area (Å²) in [5, 5.41) is 5.58. The number of benzene rings is 2. The smallest absolute Gasteiger partial charge is 0.338 e. The molecular weight excluding hydrogens is 468 g/mol. The van der Waals surface area contributed by atoms with Crippen LogP contribution in [0.1, 0.15) is 60.2 Å². The maximum Gasteiger partial charge on any atom is 0.338 e. The second-order valence-corrected chi connectivity index (χ2v) is 8.86. The fraction of sp³-hybridized carbons (Fsp3) is 0.385. The van der Waals surface area contributed by atoms with E-state index in [4.69, 9.17) is 9.47 Å². The summed E-state index contributed by atoms with van der Waals surface area (Å²) in [4.78, 5) is 47.8. The van der Waals surface area contributed by atoms with Crippen LogP contribution in [0, 0.1) is 0 Å². The number of rotatable bonds is 14. The molecule has 0 saturated heterocycles. The van der Waals surface area contributed by atoms with Crippen LogP contribution in [0.25, 0.3) is 0 Å². The van der Waals surface area contributed by atoms with Gasteiger partial charge >= 0.3 is 11.9 Å². The van der Waals surface area contributed by atoms with Crippen LogP contribution in [0.4, 0.5) is 11.4 Å². The Hall–Kier alpha value is -3.33. The Kier molecular flexibility index (Phi) is 12.4. The molecule has 0 aliphatic rings. The maximum atomic E-state index is 12.1. The van der Waals surface area contributed by atoms with Crippen molar-refractivity contribution in [3.8, 4) is 0 Å². The van der Waals surface area contributed by atoms with E-state index in [0.29, 0.717) is 60.1 Å². The molecule has 0 aromatic heterocycles. The van der Waals surface area contributed by atoms with E-state index in [-0.39, 0.29) is 23.8 Å². The van der Waals surface area contributed by atoms with Gasteiger partial charge in [-0.1, -0.05) is 13.8 Å². The van der Waals surface area contributed by atoms with Crippen LogP contribution in [0.3, 0.4) is 0 Å². The number of amides is 2. The Morgan fingerprint density at radius 1 is 0.657 bits per heavy atom. The summed E-state index contributed by atoms with van der Waals surface area (Å²) >= 11 is 1.51. The molecule has 0 saturated carbocycles. The number of carbonyl (C=O) groups excluding carboxylic acids is 4. The van der Waals surface area contributed by atoms with Crippen LogP contribution in [0.2, 0.25) is 0 Å². The van der Waals surface area contributed by atoms with E-state index < -0.39 is 0 Å². The Morgan fingerprint density at radius 3 is 1.37 bits per heavy atom. The second kappa shape index (κ2) is 15.5. The number of hydrogen-bond acceptors (Lipinski definition) is 7. The quantitative estimate of drug-likeness (QED) is 0.280. The van der Waals surface area contributed by atoms with Crippen molar-refractivity contribution in [3.05, 3.63) is 59.7 Å². The Balaban J connectivity index is 1.62. The Labute approximate surface area is 210 Å². The zero-order chi connectivity index (χ0) is 25.5. The third-order valence-electron chi connectivity index (χ3n) is 4.63. The number of hydrogen-bond donors (Lipinski definition) is 2. The van der Waals surface area contributed by atoms with Gasteiger partial charge < -0.3 is 20.1 Å². The maximum absolute atomic E-state index is 12.1. The van der Waals surface area contributed by atoms with Gasteiger partial charge in [0, 0.05) is 35.7 Å². The van der Waals surface area contributed by atoms with Gasteiger partial charge in [0.2, 0.25) is 11.8 Å². The molecule has 0 heterocycles. The molecule has 2 aromatic carbocycles. The SMILES string of the molecule is CCCOC(=O)c1ccc(NC(=O)CCSCCC(=O)Nc2ccc(C(=O)OCCC)cc2)cc1. The number of anilines is 2. The largest absolute Gasteiger partial charge is 0.462 e. The molecule has 0 fully saturated rings. The Morgan fingerprint density at radius 2 is 1.03 bits per heavy atom. The lowest BCUT2D eigenvalue weighted by Crippen LogP contribution is -2.14. The second-order valence-electron chi connectivity index (χ2n) is 7.64. The predicted molar refractivity (Wildman–Crippen MR) is 138 cm³/mol. The third-order valence-corrected chi connectivity index (χ3v) is 5.62. The van der Waals surface area contributed by atoms with Gasteiger partial charge in [-0.3, -0.25) is 9.59 Å². The Bertz CT molecular complexity index is 897. The van der Waals surface area contributed by atoms with Crippen molar-refractivity contribution in [2.75, 3.05) is 35.4 Å². The summed E-state index contributed by atoms with van der Waals surface area (Å²) in [7, 11) is 0. The minimum Gasteiger partial charge on any atom is -0.462 e. The van der Waals surface area contributed by atoms with Crippen LogP contribution < -0.4 is 10.6 Å². The monoisotopic (exact) mass is 500 g/mol. The van der Waals surface area contributed by atoms with Crippen molar-refractivity contribution < 1.29 is 28.7 Å². The fourth-order valence-corrected chi connectivity index (χ4v) is 3.68. The van der Waals surface area contributed by atoms with Crippen molar-refractivity contribution >= 4 is 46.9 Å². The summed E-state index contributed by atoms with van der Waals surface area (Å²) < 4.78 is 10.1. The zero-order valence-electron chi connectivity index (χ0n) is 20.1. The highest BCUT2D eigenvalue weighted by Gasteiger charge is 2.09. The molecule has 0 bridgehead atoms. The topological polar surface area (TPSA) is 111 Å². The summed E-state index contributed by atoms with van der Waals surface area (Å²) in [6.07, 6.45) is 2.13. The highest BCUT2D eigenvalue weighted by molar-refractivity contribution is 7.99. The van der Waals surface area contributed by atoms with Crippen LogP contribution in [0.5, 0.6) is 0 Å². The first-order valence-electron chi connectivity index (χ1n) is 11.6. The molecule has 35 heavy (non-hydrogen) atoms. The van der Waals surface area contributed by atoms with Gasteiger partial charge in [0.1, 0.15) is 0 Å². The molecule has 8 nitrogen and oxygen atoms in total. The number of ether oxygens (including phenoxy) is 2. The fourth-order valence-electron chi connectivity index (χ4n) is 2.81. The standard InChI is InChI=1S/C26H32N2O6S/c1-3-15-33-25(31)19-5-9-21(10-6-19)27-23(29)13-17-35-18-14-24(30)28-22-11-7-20(8-12-22)26(32)34-16-4-2/h5-12H,3-4,13-18H2,1-2H3,(H,27,29)(H,28,30). The number of thioether (sulfide) groups is 1. The van der Waals surface area contributed by atoms with Crippen molar-refractivity contribution in [1.82, 2.24) is 0 Å². The highest BCUT2D eigenvalue weighted by atomic mass is 32.2. The molecule has 0 aliphatic carbocycles. The average Bonchev–Trinajstić information content (AvgIpc) is 2.86. The van der Waals surface area contributed by atoms with E-state index in [1.807, 2.05) is 13.8 Å². The third kappa shape index (κ3) is 10.6. The van der Waals surface area contributed by atoms with Gasteiger partial charge in [-0.25, -0.2) is 9.59 Å². The minimum absolute atomic E-state index is 0.138. The molecule has 188 valence electrons. The predicted octanol–water partition coefficient (Wildman–Crippen LogP) is 4.91. The van der Waals surface area contributed by atoms with Gasteiger partial charge in [0.15, 0.2) is 0 Å². The van der Waals surface area contributed by atoms with E-state index >= 15 is 0 Å². The van der Waals surface area contributed by atoms with Crippen molar-refractivity contribution in [1.29, 1.82) is 0 Å². The van der Waals surface area contributed by atoms with Gasteiger partial charge in [-0.05, 0) is 61.4 Å². The van der Waals surface area contributed by atoms with Crippen molar-refractivity contribution in [3.63, 3.8) is 0 Å². The lowest BCUT2D eigenvalue weighted by atomic mass is 10.2. The summed E-state index contributed by atoms with van der Waals surface area (Å²) in [6, 6.07) is 13.1. The lowest BCUT2D eigenvalue weighted by molar-refractivity contribution is -0.116. The van der Waals surface area contributed by atoms with E-state index in [9.17, 15) is 19.2 Å². The van der Waals surface area contributed by atoms with Crippen LogP contribution in [0.15, 0.2) is 48.5 Å². The molecule has 0 atom stereocenters. The molecule has 0 spiro atoms. The molecule has 2 rings (SSSR count). The van der Waals surface area contributed by atoms with Crippen molar-refractivity contribution in [2.45, 2.75) is 39.5 Å². The van der Waals surface area contributed by atoms with Gasteiger partial charge in [0.05, 0.1) is 24.3 Å². The van der Waals surface area contributed by atoms with Gasteiger partial charge in [0.25, 0.3) is 0 Å². The van der Waals surface area contributed by atoms with Crippen molar-refractivity contribution in [2.24, 2.45) is 0 Å². The summed E-state index contributed by atoms with van der Waals surface area (Å²) in [5.41, 5.74) is 2.10. The first-order chi connectivity index (χ1) is 16.9. The van der Waals surface area contributed by atoms with Crippen LogP contribution in [-0.4, -0.2) is 48.5 Å². The van der Waals surface area contributed by atoms with E-state index in [2.05, 4.69) is 10.6 Å². The molecule has 9 heteroatoms. The average molecular weight is 501 g/mol. The normalized spacial score (nSPS) is 10.3. The van der Waals surface area contributed by atoms with Crippen LogP contribution >= 0.6 is 11.8 Å². The molecule has 2 amide bonds. The van der Waals surface area contributed by atoms with Gasteiger partial charge in [-0.15, -0.1) is 0 Å². The highest BCUT2D eigenvalue weighted by Crippen LogP contribution is 2.14. The molecule has 0 unspecified atom stereocenters. The molecule has 0 radical (unpaired) electrons. The molecule has 0 aliphatic heterocycles. The molecular formula is C26H32N2O6S. The number of carbonyl (C=O) groups is 4. The first kappa shape index (κ1) is 27.9. The number of esters is 2. The summed E-state index contributed by atoms with van der Waals surface area (Å²) in [6.45, 7) is 4.60. The van der Waals surface area contributed by atoms with E-state index in [1.54, 1.807) is 48.5 Å². The van der Waals surface area contributed by atoms with E-state index in [1.165, 1.54) is 11.8 Å². The number of nitrogens with one attached hydrogen (secondary N) is 2. The van der Waals surface area contributed by atoms with E-state index in [0.717, 1.165) is 12.8 Å². The van der Waals surface area contributed by atoms with Crippen LogP contribution in [-0.2, 0) is 19.1 Å². The first-order valence-corrected chi connectivity index (χ1v) is 12.8.